The van der Waals surface area contributed by atoms with E-state index in [2.05, 4.69) is 199 Å². The van der Waals surface area contributed by atoms with Crippen LogP contribution in [-0.4, -0.2) is 0 Å². The van der Waals surface area contributed by atoms with Crippen molar-refractivity contribution in [1.29, 1.82) is 0 Å². The van der Waals surface area contributed by atoms with Gasteiger partial charge in [0.05, 0.1) is 5.69 Å². The number of rotatable bonds is 7. The molecule has 0 saturated carbocycles. The Morgan fingerprint density at radius 3 is 1.87 bits per heavy atom. The number of fused-ring (bicyclic) bond motifs is 6. The van der Waals surface area contributed by atoms with E-state index in [1.807, 2.05) is 12.1 Å². The van der Waals surface area contributed by atoms with Gasteiger partial charge in [0, 0.05) is 56.6 Å². The van der Waals surface area contributed by atoms with Crippen LogP contribution >= 0.6 is 0 Å². The fourth-order valence-corrected chi connectivity index (χ4v) is 8.16. The van der Waals surface area contributed by atoms with E-state index in [-0.39, 0.29) is 0 Å². The summed E-state index contributed by atoms with van der Waals surface area (Å²) in [5, 5.41) is 7.09. The lowest BCUT2D eigenvalue weighted by Crippen LogP contribution is -2.22. The second kappa shape index (κ2) is 13.3. The maximum absolute atomic E-state index is 6.41. The molecule has 0 aliphatic heterocycles. The van der Waals surface area contributed by atoms with Gasteiger partial charge in [-0.25, -0.2) is 0 Å². The van der Waals surface area contributed by atoms with E-state index in [1.165, 1.54) is 38.4 Å². The first kappa shape index (κ1) is 31.9. The van der Waals surface area contributed by atoms with E-state index in [1.54, 1.807) is 0 Å². The first-order valence-electron chi connectivity index (χ1n) is 18.7. The fourth-order valence-electron chi connectivity index (χ4n) is 8.16. The standard InChI is InChI=1S/C51H38N2O/c1-35-14-8-12-22-48(35)53(42-29-31-46-45-21-11-13-23-50(45)54-51(46)34-42)41-28-30-44-47(33-41)43-20-10-9-17-38(43)32-49(44)52(39-18-6-3-7-19-39)40-26-24-37(25-27-40)36-15-4-2-5-16-36/h2-13,15-35H,14H2,1H3. The minimum Gasteiger partial charge on any atom is -0.456 e. The van der Waals surface area contributed by atoms with E-state index in [0.29, 0.717) is 5.92 Å². The molecule has 8 aromatic carbocycles. The van der Waals surface area contributed by atoms with Crippen molar-refractivity contribution in [3.8, 4) is 11.1 Å². The molecule has 1 atom stereocenters. The predicted molar refractivity (Wildman–Crippen MR) is 228 cm³/mol. The Kier molecular flexibility index (Phi) is 7.84. The monoisotopic (exact) mass is 694 g/mol. The van der Waals surface area contributed by atoms with Crippen LogP contribution in [0.2, 0.25) is 0 Å². The van der Waals surface area contributed by atoms with Crippen LogP contribution in [0.3, 0.4) is 0 Å². The maximum atomic E-state index is 6.41. The van der Waals surface area contributed by atoms with E-state index < -0.39 is 0 Å². The van der Waals surface area contributed by atoms with Gasteiger partial charge in [-0.1, -0.05) is 128 Å². The van der Waals surface area contributed by atoms with Gasteiger partial charge >= 0.3 is 0 Å². The van der Waals surface area contributed by atoms with Gasteiger partial charge in [0.15, 0.2) is 0 Å². The molecule has 1 aliphatic rings. The number of hydrogen-bond acceptors (Lipinski definition) is 3. The Hall–Kier alpha value is -6.84. The van der Waals surface area contributed by atoms with Gasteiger partial charge in [0.25, 0.3) is 0 Å². The number of anilines is 5. The molecule has 0 fully saturated rings. The van der Waals surface area contributed by atoms with Crippen molar-refractivity contribution in [3.63, 3.8) is 0 Å². The Morgan fingerprint density at radius 2 is 1.07 bits per heavy atom. The summed E-state index contributed by atoms with van der Waals surface area (Å²) in [7, 11) is 0. The summed E-state index contributed by atoms with van der Waals surface area (Å²) in [4.78, 5) is 4.83. The summed E-state index contributed by atoms with van der Waals surface area (Å²) in [6, 6.07) is 63.3. The Balaban J connectivity index is 1.17. The largest absolute Gasteiger partial charge is 0.456 e. The topological polar surface area (TPSA) is 19.6 Å². The zero-order chi connectivity index (χ0) is 36.0. The van der Waals surface area contributed by atoms with Crippen LogP contribution in [-0.2, 0) is 0 Å². The summed E-state index contributed by atoms with van der Waals surface area (Å²) >= 11 is 0. The molecular formula is C51H38N2O. The minimum absolute atomic E-state index is 0.340. The highest BCUT2D eigenvalue weighted by Crippen LogP contribution is 2.45. The molecule has 1 aromatic heterocycles. The lowest BCUT2D eigenvalue weighted by molar-refractivity contribution is 0.664. The first-order valence-corrected chi connectivity index (χ1v) is 18.7. The normalized spacial score (nSPS) is 14.2. The molecule has 9 aromatic rings. The van der Waals surface area contributed by atoms with E-state index in [4.69, 9.17) is 4.42 Å². The molecule has 54 heavy (non-hydrogen) atoms. The lowest BCUT2D eigenvalue weighted by atomic mass is 9.95. The van der Waals surface area contributed by atoms with Crippen LogP contribution in [0.25, 0.3) is 54.6 Å². The summed E-state index contributed by atoms with van der Waals surface area (Å²) in [6.45, 7) is 2.32. The third-order valence-electron chi connectivity index (χ3n) is 10.8. The van der Waals surface area contributed by atoms with Crippen molar-refractivity contribution < 1.29 is 4.42 Å². The minimum atomic E-state index is 0.340. The SMILES string of the molecule is CC1CC=CC=C1N(c1ccc2c(c1)oc1ccccc12)c1ccc2c(N(c3ccccc3)c3ccc(-c4ccccc4)cc3)cc3ccccc3c2c1. The van der Waals surface area contributed by atoms with Crippen LogP contribution in [0.5, 0.6) is 0 Å². The van der Waals surface area contributed by atoms with Gasteiger partial charge in [-0.15, -0.1) is 0 Å². The van der Waals surface area contributed by atoms with E-state index in [0.717, 1.165) is 56.8 Å². The fraction of sp³-hybridized carbons (Fsp3) is 0.0588. The zero-order valence-corrected chi connectivity index (χ0v) is 30.1. The maximum Gasteiger partial charge on any atom is 0.137 e. The zero-order valence-electron chi connectivity index (χ0n) is 30.1. The molecule has 3 heteroatoms. The van der Waals surface area contributed by atoms with Crippen molar-refractivity contribution >= 4 is 71.9 Å². The number of allylic oxidation sites excluding steroid dienone is 4. The van der Waals surface area contributed by atoms with Gasteiger partial charge < -0.3 is 14.2 Å². The van der Waals surface area contributed by atoms with Crippen molar-refractivity contribution in [2.24, 2.45) is 5.92 Å². The van der Waals surface area contributed by atoms with Crippen molar-refractivity contribution in [2.45, 2.75) is 13.3 Å². The van der Waals surface area contributed by atoms with Gasteiger partial charge in [-0.05, 0) is 100 Å². The highest BCUT2D eigenvalue weighted by Gasteiger charge is 2.24. The van der Waals surface area contributed by atoms with Gasteiger partial charge in [0.1, 0.15) is 11.2 Å². The molecular weight excluding hydrogens is 657 g/mol. The summed E-state index contributed by atoms with van der Waals surface area (Å²) < 4.78 is 6.41. The van der Waals surface area contributed by atoms with Crippen LogP contribution < -0.4 is 9.80 Å². The molecule has 0 saturated heterocycles. The van der Waals surface area contributed by atoms with Crippen LogP contribution in [0.1, 0.15) is 13.3 Å². The Labute approximate surface area is 315 Å². The molecule has 10 rings (SSSR count). The molecule has 1 unspecified atom stereocenters. The predicted octanol–water partition coefficient (Wildman–Crippen LogP) is 14.6. The first-order chi connectivity index (χ1) is 26.7. The third kappa shape index (κ3) is 5.53. The number of benzene rings is 8. The molecule has 0 radical (unpaired) electrons. The van der Waals surface area contributed by atoms with Crippen molar-refractivity contribution in [2.75, 3.05) is 9.80 Å². The molecule has 0 bridgehead atoms. The second-order valence-electron chi connectivity index (χ2n) is 14.2. The summed E-state index contributed by atoms with van der Waals surface area (Å²) in [6.07, 6.45) is 7.72. The van der Waals surface area contributed by atoms with E-state index >= 15 is 0 Å². The molecule has 1 aliphatic carbocycles. The molecule has 0 amide bonds. The summed E-state index contributed by atoms with van der Waals surface area (Å²) in [5.74, 6) is 0.340. The second-order valence-corrected chi connectivity index (χ2v) is 14.2. The third-order valence-corrected chi connectivity index (χ3v) is 10.8. The number of furan rings is 1. The molecule has 3 nitrogen and oxygen atoms in total. The van der Waals surface area contributed by atoms with Crippen molar-refractivity contribution in [3.05, 3.63) is 200 Å². The van der Waals surface area contributed by atoms with Crippen LogP contribution in [0.4, 0.5) is 28.4 Å². The molecule has 0 spiro atoms. The van der Waals surface area contributed by atoms with E-state index in [9.17, 15) is 0 Å². The average molecular weight is 695 g/mol. The molecule has 0 N–H and O–H groups in total. The quantitative estimate of drug-likeness (QED) is 0.155. The Bertz CT molecular complexity index is 2870. The summed E-state index contributed by atoms with van der Waals surface area (Å²) in [5.41, 5.74) is 11.0. The number of hydrogen-bond donors (Lipinski definition) is 0. The lowest BCUT2D eigenvalue weighted by Gasteiger charge is -2.33. The van der Waals surface area contributed by atoms with Gasteiger partial charge in [-0.2, -0.15) is 0 Å². The highest BCUT2D eigenvalue weighted by molar-refractivity contribution is 6.16. The smallest absolute Gasteiger partial charge is 0.137 e. The average Bonchev–Trinajstić information content (AvgIpc) is 3.61. The van der Waals surface area contributed by atoms with Gasteiger partial charge in [-0.3, -0.25) is 0 Å². The highest BCUT2D eigenvalue weighted by atomic mass is 16.3. The van der Waals surface area contributed by atoms with Crippen molar-refractivity contribution in [1.82, 2.24) is 0 Å². The Morgan fingerprint density at radius 1 is 0.463 bits per heavy atom. The van der Waals surface area contributed by atoms with Gasteiger partial charge in [0.2, 0.25) is 0 Å². The van der Waals surface area contributed by atoms with Crippen LogP contribution in [0.15, 0.2) is 204 Å². The molecule has 258 valence electrons. The number of nitrogens with zero attached hydrogens (tertiary/aromatic N) is 2. The molecule has 1 heterocycles. The number of para-hydroxylation sites is 2. The van der Waals surface area contributed by atoms with Crippen LogP contribution in [0, 0.1) is 5.92 Å².